The van der Waals surface area contributed by atoms with Crippen molar-refractivity contribution in [3.63, 3.8) is 0 Å². The number of aryl methyl sites for hydroxylation is 1. The Morgan fingerprint density at radius 1 is 1.10 bits per heavy atom. The molecule has 2 aromatic heterocycles. The van der Waals surface area contributed by atoms with Crippen molar-refractivity contribution >= 4 is 17.4 Å². The molecule has 1 saturated heterocycles. The van der Waals surface area contributed by atoms with Gasteiger partial charge in [0.1, 0.15) is 5.82 Å². The number of benzene rings is 1. The minimum atomic E-state index is -4.47. The van der Waals surface area contributed by atoms with Crippen LogP contribution in [0.4, 0.5) is 24.7 Å². The number of nitrogens with zero attached hydrogens (tertiary/aromatic N) is 4. The first kappa shape index (κ1) is 19.9. The lowest BCUT2D eigenvalue weighted by Crippen LogP contribution is -2.24. The van der Waals surface area contributed by atoms with E-state index in [1.54, 1.807) is 36.3 Å². The standard InChI is InChI=1S/C21H20F3N5O/c1-28-13-15(12-26-28)14-6-7-25-19(10-14)27-20(30)17-5-4-16(21(22,23)24)11-18(17)29-8-2-3-9-29/h4-7,10-13H,2-3,8-9H2,1H3,(H,25,27,30). The Labute approximate surface area is 171 Å². The predicted molar refractivity (Wildman–Crippen MR) is 107 cm³/mol. The zero-order valence-corrected chi connectivity index (χ0v) is 16.3. The SMILES string of the molecule is Cn1cc(-c2ccnc(NC(=O)c3ccc(C(F)(F)F)cc3N3CCCC3)c2)cn1. The molecule has 30 heavy (non-hydrogen) atoms. The fraction of sp³-hybridized carbons (Fsp3) is 0.286. The average Bonchev–Trinajstić information content (AvgIpc) is 3.39. The summed E-state index contributed by atoms with van der Waals surface area (Å²) in [4.78, 5) is 18.9. The van der Waals surface area contributed by atoms with Crippen LogP contribution in [0.5, 0.6) is 0 Å². The summed E-state index contributed by atoms with van der Waals surface area (Å²) in [5, 5.41) is 6.84. The van der Waals surface area contributed by atoms with Crippen LogP contribution in [0, 0.1) is 0 Å². The lowest BCUT2D eigenvalue weighted by molar-refractivity contribution is -0.137. The van der Waals surface area contributed by atoms with Gasteiger partial charge in [-0.3, -0.25) is 9.48 Å². The molecule has 1 fully saturated rings. The summed E-state index contributed by atoms with van der Waals surface area (Å²) in [6.45, 7) is 1.24. The summed E-state index contributed by atoms with van der Waals surface area (Å²) < 4.78 is 41.3. The van der Waals surface area contributed by atoms with Crippen LogP contribution in [-0.2, 0) is 13.2 Å². The largest absolute Gasteiger partial charge is 0.416 e. The maximum Gasteiger partial charge on any atom is 0.416 e. The molecule has 1 aromatic carbocycles. The van der Waals surface area contributed by atoms with E-state index in [2.05, 4.69) is 15.4 Å². The second kappa shape index (κ2) is 7.81. The number of nitrogens with one attached hydrogen (secondary N) is 1. The van der Waals surface area contributed by atoms with E-state index in [4.69, 9.17) is 0 Å². The van der Waals surface area contributed by atoms with Gasteiger partial charge in [0.25, 0.3) is 5.91 Å². The highest BCUT2D eigenvalue weighted by molar-refractivity contribution is 6.08. The maximum absolute atomic E-state index is 13.2. The summed E-state index contributed by atoms with van der Waals surface area (Å²) in [5.74, 6) is -0.185. The van der Waals surface area contributed by atoms with Gasteiger partial charge < -0.3 is 10.2 Å². The monoisotopic (exact) mass is 415 g/mol. The number of carbonyl (C=O) groups excluding carboxylic acids is 1. The van der Waals surface area contributed by atoms with E-state index in [1.165, 1.54) is 6.07 Å². The summed E-state index contributed by atoms with van der Waals surface area (Å²) in [7, 11) is 1.80. The molecule has 3 aromatic rings. The summed E-state index contributed by atoms with van der Waals surface area (Å²) in [6, 6.07) is 6.72. The molecule has 0 bridgehead atoms. The third-order valence-corrected chi connectivity index (χ3v) is 5.06. The molecule has 0 saturated carbocycles. The van der Waals surface area contributed by atoms with Crippen LogP contribution < -0.4 is 10.2 Å². The summed E-state index contributed by atoms with van der Waals surface area (Å²) in [6.07, 6.45) is 2.39. The number of halogens is 3. The number of carbonyl (C=O) groups is 1. The van der Waals surface area contributed by atoms with Crippen LogP contribution in [-0.4, -0.2) is 33.8 Å². The van der Waals surface area contributed by atoms with E-state index in [9.17, 15) is 18.0 Å². The Morgan fingerprint density at radius 2 is 1.87 bits per heavy atom. The predicted octanol–water partition coefficient (Wildman–Crippen LogP) is 4.35. The molecule has 0 unspecified atom stereocenters. The van der Waals surface area contributed by atoms with Crippen molar-refractivity contribution in [3.05, 3.63) is 60.0 Å². The van der Waals surface area contributed by atoms with Crippen LogP contribution in [0.25, 0.3) is 11.1 Å². The van der Waals surface area contributed by atoms with E-state index >= 15 is 0 Å². The minimum absolute atomic E-state index is 0.193. The molecule has 156 valence electrons. The molecule has 0 aliphatic carbocycles. The van der Waals surface area contributed by atoms with Crippen molar-refractivity contribution in [3.8, 4) is 11.1 Å². The van der Waals surface area contributed by atoms with Gasteiger partial charge in [0.2, 0.25) is 0 Å². The van der Waals surface area contributed by atoms with Crippen LogP contribution >= 0.6 is 0 Å². The van der Waals surface area contributed by atoms with Gasteiger partial charge in [-0.2, -0.15) is 18.3 Å². The van der Waals surface area contributed by atoms with Gasteiger partial charge in [0.15, 0.2) is 0 Å². The van der Waals surface area contributed by atoms with Crippen molar-refractivity contribution in [2.45, 2.75) is 19.0 Å². The first-order valence-corrected chi connectivity index (χ1v) is 9.54. The normalized spacial score (nSPS) is 14.2. The zero-order valence-electron chi connectivity index (χ0n) is 16.3. The Morgan fingerprint density at radius 3 is 2.53 bits per heavy atom. The highest BCUT2D eigenvalue weighted by atomic mass is 19.4. The van der Waals surface area contributed by atoms with Gasteiger partial charge in [-0.25, -0.2) is 4.98 Å². The molecule has 0 radical (unpaired) electrons. The first-order valence-electron chi connectivity index (χ1n) is 9.54. The molecule has 4 rings (SSSR count). The Bertz CT molecular complexity index is 1070. The van der Waals surface area contributed by atoms with E-state index in [0.717, 1.165) is 36.1 Å². The number of alkyl halides is 3. The number of rotatable bonds is 4. The lowest BCUT2D eigenvalue weighted by atomic mass is 10.1. The zero-order chi connectivity index (χ0) is 21.3. The van der Waals surface area contributed by atoms with E-state index in [1.807, 2.05) is 11.1 Å². The Hall–Kier alpha value is -3.36. The van der Waals surface area contributed by atoms with Crippen molar-refractivity contribution in [2.75, 3.05) is 23.3 Å². The molecule has 3 heterocycles. The highest BCUT2D eigenvalue weighted by Crippen LogP contribution is 2.35. The number of hydrogen-bond acceptors (Lipinski definition) is 4. The second-order valence-electron chi connectivity index (χ2n) is 7.21. The fourth-order valence-electron chi connectivity index (χ4n) is 3.55. The first-order chi connectivity index (χ1) is 14.3. The van der Waals surface area contributed by atoms with Gasteiger partial charge in [-0.05, 0) is 48.7 Å². The van der Waals surface area contributed by atoms with E-state index in [-0.39, 0.29) is 5.56 Å². The molecule has 0 atom stereocenters. The van der Waals surface area contributed by atoms with Crippen LogP contribution in [0.15, 0.2) is 48.9 Å². The fourth-order valence-corrected chi connectivity index (χ4v) is 3.55. The van der Waals surface area contributed by atoms with Gasteiger partial charge >= 0.3 is 6.18 Å². The van der Waals surface area contributed by atoms with Crippen LogP contribution in [0.2, 0.25) is 0 Å². The number of pyridine rings is 1. The molecular weight excluding hydrogens is 395 g/mol. The third kappa shape index (κ3) is 4.14. The molecule has 1 aliphatic rings. The summed E-state index contributed by atoms with van der Waals surface area (Å²) in [5.41, 5.74) is 1.41. The molecule has 0 spiro atoms. The quantitative estimate of drug-likeness (QED) is 0.688. The topological polar surface area (TPSA) is 63.1 Å². The third-order valence-electron chi connectivity index (χ3n) is 5.06. The summed E-state index contributed by atoms with van der Waals surface area (Å²) >= 11 is 0. The van der Waals surface area contributed by atoms with E-state index < -0.39 is 17.6 Å². The molecule has 6 nitrogen and oxygen atoms in total. The number of anilines is 2. The van der Waals surface area contributed by atoms with Crippen molar-refractivity contribution < 1.29 is 18.0 Å². The van der Waals surface area contributed by atoms with Crippen LogP contribution in [0.3, 0.4) is 0 Å². The molecule has 1 aliphatic heterocycles. The molecule has 9 heteroatoms. The molecule has 1 amide bonds. The number of aromatic nitrogens is 3. The number of amides is 1. The number of hydrogen-bond donors (Lipinski definition) is 1. The average molecular weight is 415 g/mol. The van der Waals surface area contributed by atoms with Gasteiger partial charge in [0, 0.05) is 38.1 Å². The van der Waals surface area contributed by atoms with Gasteiger partial charge in [-0.15, -0.1) is 0 Å². The lowest BCUT2D eigenvalue weighted by Gasteiger charge is -2.22. The Kier molecular flexibility index (Phi) is 5.19. The Balaban J connectivity index is 1.63. The van der Waals surface area contributed by atoms with Crippen molar-refractivity contribution in [1.29, 1.82) is 0 Å². The maximum atomic E-state index is 13.2. The van der Waals surface area contributed by atoms with E-state index in [0.29, 0.717) is 24.6 Å². The van der Waals surface area contributed by atoms with Crippen LogP contribution in [0.1, 0.15) is 28.8 Å². The van der Waals surface area contributed by atoms with Crippen molar-refractivity contribution in [1.82, 2.24) is 14.8 Å². The van der Waals surface area contributed by atoms with Gasteiger partial charge in [0.05, 0.1) is 23.0 Å². The van der Waals surface area contributed by atoms with Gasteiger partial charge in [-0.1, -0.05) is 0 Å². The minimum Gasteiger partial charge on any atom is -0.371 e. The smallest absolute Gasteiger partial charge is 0.371 e. The van der Waals surface area contributed by atoms with Crippen molar-refractivity contribution in [2.24, 2.45) is 7.05 Å². The molecule has 1 N–H and O–H groups in total. The molecular formula is C21H20F3N5O. The highest BCUT2D eigenvalue weighted by Gasteiger charge is 2.32. The second-order valence-corrected chi connectivity index (χ2v) is 7.21.